The van der Waals surface area contributed by atoms with E-state index in [0.717, 1.165) is 0 Å². The van der Waals surface area contributed by atoms with Crippen molar-refractivity contribution in [2.45, 2.75) is 11.8 Å². The van der Waals surface area contributed by atoms with Crippen molar-refractivity contribution in [3.8, 4) is 0 Å². The van der Waals surface area contributed by atoms with Crippen LogP contribution in [0.4, 0.5) is 0 Å². The minimum absolute atomic E-state index is 0.0580. The molecule has 1 aromatic carbocycles. The first-order valence-corrected chi connectivity index (χ1v) is 11.4. The molecule has 0 aliphatic rings. The summed E-state index contributed by atoms with van der Waals surface area (Å²) in [4.78, 5) is 10.7. The largest absolute Gasteiger partial charge is 0.463 e. The molecule has 0 bridgehead atoms. The quantitative estimate of drug-likeness (QED) is 0.157. The molecule has 0 aliphatic heterocycles. The van der Waals surface area contributed by atoms with Crippen LogP contribution in [-0.4, -0.2) is 93.7 Å². The Balaban J connectivity index is 1.79. The number of ether oxygens (including phenoxy) is 6. The Labute approximate surface area is 183 Å². The minimum atomic E-state index is -3.75. The summed E-state index contributed by atoms with van der Waals surface area (Å²) in [6.45, 7) is 5.34. The van der Waals surface area contributed by atoms with Crippen LogP contribution in [-0.2, 0) is 47.5 Å². The van der Waals surface area contributed by atoms with Gasteiger partial charge in [0.15, 0.2) is 0 Å². The van der Waals surface area contributed by atoms with E-state index in [1.165, 1.54) is 19.1 Å². The van der Waals surface area contributed by atoms with Crippen molar-refractivity contribution in [1.29, 1.82) is 0 Å². The van der Waals surface area contributed by atoms with Gasteiger partial charge in [-0.25, -0.2) is 0 Å². The van der Waals surface area contributed by atoms with Crippen LogP contribution in [0, 0.1) is 0 Å². The Hall–Kier alpha value is -1.60. The van der Waals surface area contributed by atoms with Crippen LogP contribution in [0.2, 0.25) is 0 Å². The van der Waals surface area contributed by atoms with Crippen LogP contribution in [0.25, 0.3) is 0 Å². The highest BCUT2D eigenvalue weighted by Crippen LogP contribution is 2.10. The smallest absolute Gasteiger partial charge is 0.302 e. The minimum Gasteiger partial charge on any atom is -0.463 e. The van der Waals surface area contributed by atoms with E-state index in [2.05, 4.69) is 0 Å². The third-order valence-electron chi connectivity index (χ3n) is 3.52. The number of rotatable bonds is 20. The standard InChI is InChI=1S/C20H32O10S/c1-19(21)29-17-15-27-13-11-25-9-7-24-8-10-26-12-14-28-16-18-30-31(22,23)20-5-3-2-4-6-20/h2-6H,7-18H2,1H3. The van der Waals surface area contributed by atoms with E-state index in [-0.39, 0.29) is 30.7 Å². The molecule has 31 heavy (non-hydrogen) atoms. The summed E-state index contributed by atoms with van der Waals surface area (Å²) >= 11 is 0. The number of carbonyl (C=O) groups excluding carboxylic acids is 1. The van der Waals surface area contributed by atoms with E-state index in [1.807, 2.05) is 0 Å². The van der Waals surface area contributed by atoms with Gasteiger partial charge in [0.05, 0.1) is 77.6 Å². The number of esters is 1. The zero-order chi connectivity index (χ0) is 22.6. The lowest BCUT2D eigenvalue weighted by molar-refractivity contribution is -0.142. The van der Waals surface area contributed by atoms with Crippen molar-refractivity contribution in [1.82, 2.24) is 0 Å². The van der Waals surface area contributed by atoms with Gasteiger partial charge in [0.2, 0.25) is 0 Å². The maximum atomic E-state index is 11.9. The highest BCUT2D eigenvalue weighted by Gasteiger charge is 2.13. The summed E-state index contributed by atoms with van der Waals surface area (Å²) in [5, 5.41) is 0. The van der Waals surface area contributed by atoms with Crippen molar-refractivity contribution < 1.29 is 45.8 Å². The molecule has 0 heterocycles. The topological polar surface area (TPSA) is 116 Å². The molecule has 0 saturated carbocycles. The molecule has 0 atom stereocenters. The number of carbonyl (C=O) groups is 1. The van der Waals surface area contributed by atoms with Crippen molar-refractivity contribution in [2.75, 3.05) is 79.3 Å². The van der Waals surface area contributed by atoms with Crippen LogP contribution in [0.15, 0.2) is 35.2 Å². The summed E-state index contributed by atoms with van der Waals surface area (Å²) in [6.07, 6.45) is 0. The van der Waals surface area contributed by atoms with Gasteiger partial charge < -0.3 is 28.4 Å². The van der Waals surface area contributed by atoms with Gasteiger partial charge in [0.1, 0.15) is 6.61 Å². The average molecular weight is 465 g/mol. The zero-order valence-corrected chi connectivity index (χ0v) is 18.7. The lowest BCUT2D eigenvalue weighted by Crippen LogP contribution is -2.15. The van der Waals surface area contributed by atoms with Gasteiger partial charge in [-0.2, -0.15) is 8.42 Å². The van der Waals surface area contributed by atoms with E-state index in [4.69, 9.17) is 32.6 Å². The predicted octanol–water partition coefficient (Wildman–Crippen LogP) is 1.04. The van der Waals surface area contributed by atoms with Crippen LogP contribution in [0.1, 0.15) is 6.92 Å². The van der Waals surface area contributed by atoms with Crippen LogP contribution < -0.4 is 0 Å². The first kappa shape index (κ1) is 27.4. The number of hydrogen-bond acceptors (Lipinski definition) is 10. The fourth-order valence-electron chi connectivity index (χ4n) is 2.08. The summed E-state index contributed by atoms with van der Waals surface area (Å²) in [5.41, 5.74) is 0. The molecule has 10 nitrogen and oxygen atoms in total. The molecular weight excluding hydrogens is 432 g/mol. The molecule has 0 amide bonds. The molecule has 0 fully saturated rings. The van der Waals surface area contributed by atoms with Gasteiger partial charge in [-0.15, -0.1) is 0 Å². The third kappa shape index (κ3) is 15.8. The average Bonchev–Trinajstić information content (AvgIpc) is 2.75. The second-order valence-corrected chi connectivity index (χ2v) is 7.61. The Morgan fingerprint density at radius 3 is 1.45 bits per heavy atom. The second kappa shape index (κ2) is 18.0. The van der Waals surface area contributed by atoms with Gasteiger partial charge in [-0.3, -0.25) is 8.98 Å². The highest BCUT2D eigenvalue weighted by atomic mass is 32.2. The molecule has 0 unspecified atom stereocenters. The Morgan fingerprint density at radius 2 is 1.03 bits per heavy atom. The fourth-order valence-corrected chi connectivity index (χ4v) is 3.00. The molecule has 11 heteroatoms. The third-order valence-corrected chi connectivity index (χ3v) is 4.85. The first-order valence-electron chi connectivity index (χ1n) is 9.99. The van der Waals surface area contributed by atoms with Gasteiger partial charge in [0.25, 0.3) is 10.1 Å². The Kier molecular flexibility index (Phi) is 15.9. The normalized spacial score (nSPS) is 11.5. The number of benzene rings is 1. The van der Waals surface area contributed by atoms with Gasteiger partial charge >= 0.3 is 5.97 Å². The van der Waals surface area contributed by atoms with Gasteiger partial charge in [-0.05, 0) is 12.1 Å². The van der Waals surface area contributed by atoms with E-state index in [0.29, 0.717) is 59.5 Å². The van der Waals surface area contributed by atoms with Crippen LogP contribution >= 0.6 is 0 Å². The molecule has 0 N–H and O–H groups in total. The summed E-state index contributed by atoms with van der Waals surface area (Å²) < 4.78 is 59.9. The predicted molar refractivity (Wildman–Crippen MR) is 110 cm³/mol. The summed E-state index contributed by atoms with van der Waals surface area (Å²) in [5.74, 6) is -0.324. The lowest BCUT2D eigenvalue weighted by atomic mass is 10.4. The monoisotopic (exact) mass is 464 g/mol. The molecule has 0 aromatic heterocycles. The Bertz CT molecular complexity index is 666. The maximum absolute atomic E-state index is 11.9. The second-order valence-electron chi connectivity index (χ2n) is 5.99. The van der Waals surface area contributed by atoms with Crippen LogP contribution in [0.5, 0.6) is 0 Å². The van der Waals surface area contributed by atoms with Crippen molar-refractivity contribution in [2.24, 2.45) is 0 Å². The number of hydrogen-bond donors (Lipinski definition) is 0. The molecule has 0 radical (unpaired) electrons. The molecular formula is C20H32O10S. The molecule has 178 valence electrons. The highest BCUT2D eigenvalue weighted by molar-refractivity contribution is 7.86. The molecule has 1 aromatic rings. The van der Waals surface area contributed by atoms with Gasteiger partial charge in [0, 0.05) is 6.92 Å². The zero-order valence-electron chi connectivity index (χ0n) is 17.9. The maximum Gasteiger partial charge on any atom is 0.302 e. The van der Waals surface area contributed by atoms with E-state index < -0.39 is 10.1 Å². The van der Waals surface area contributed by atoms with Crippen LogP contribution in [0.3, 0.4) is 0 Å². The Morgan fingerprint density at radius 1 is 0.645 bits per heavy atom. The van der Waals surface area contributed by atoms with Crippen molar-refractivity contribution in [3.63, 3.8) is 0 Å². The van der Waals surface area contributed by atoms with E-state index in [9.17, 15) is 13.2 Å². The molecule has 0 aliphatic carbocycles. The van der Waals surface area contributed by atoms with Crippen molar-refractivity contribution >= 4 is 16.1 Å². The lowest BCUT2D eigenvalue weighted by Gasteiger charge is -2.08. The SMILES string of the molecule is CC(=O)OCCOCCOCCOCCOCCOCCOS(=O)(=O)c1ccccc1. The molecule has 0 spiro atoms. The fraction of sp³-hybridized carbons (Fsp3) is 0.650. The first-order chi connectivity index (χ1) is 15.0. The molecule has 0 saturated heterocycles. The van der Waals surface area contributed by atoms with Gasteiger partial charge in [-0.1, -0.05) is 18.2 Å². The van der Waals surface area contributed by atoms with E-state index >= 15 is 0 Å². The summed E-state index contributed by atoms with van der Waals surface area (Å²) in [7, 11) is -3.75. The summed E-state index contributed by atoms with van der Waals surface area (Å²) in [6, 6.07) is 7.95. The molecule has 1 rings (SSSR count). The van der Waals surface area contributed by atoms with Crippen molar-refractivity contribution in [3.05, 3.63) is 30.3 Å². The van der Waals surface area contributed by atoms with E-state index in [1.54, 1.807) is 18.2 Å².